The zero-order chi connectivity index (χ0) is 21.5. The number of benzene rings is 2. The molecule has 0 spiro atoms. The van der Waals surface area contributed by atoms with Gasteiger partial charge in [-0.05, 0) is 32.3 Å². The molecular formula is C23H26FN3O3. The lowest BCUT2D eigenvalue weighted by Gasteiger charge is -2.26. The molecule has 0 bridgehead atoms. The number of aromatic nitrogens is 1. The molecule has 3 rings (SSSR count). The van der Waals surface area contributed by atoms with Crippen molar-refractivity contribution in [2.24, 2.45) is 0 Å². The third-order valence-electron chi connectivity index (χ3n) is 4.87. The van der Waals surface area contributed by atoms with Crippen molar-refractivity contribution in [3.63, 3.8) is 0 Å². The summed E-state index contributed by atoms with van der Waals surface area (Å²) in [6.45, 7) is 0.443. The standard InChI is InChI=1S/C23H26FN3O3/c1-27(2)19(17-9-5-7-11-20(17)29-3)14-25-22(28)12-13-23-26-15-21(30-23)16-8-4-6-10-18(16)24/h4-11,15,19H,12-14H2,1-3H3,(H,25,28). The number of carbonyl (C=O) groups is 1. The number of nitrogens with one attached hydrogen (secondary N) is 1. The lowest BCUT2D eigenvalue weighted by atomic mass is 10.0. The van der Waals surface area contributed by atoms with Crippen LogP contribution in [0.5, 0.6) is 5.75 Å². The number of hydrogen-bond acceptors (Lipinski definition) is 5. The lowest BCUT2D eigenvalue weighted by Crippen LogP contribution is -2.34. The molecule has 1 aromatic heterocycles. The average Bonchev–Trinajstić information content (AvgIpc) is 3.21. The van der Waals surface area contributed by atoms with Crippen molar-refractivity contribution in [1.82, 2.24) is 15.2 Å². The first-order chi connectivity index (χ1) is 14.5. The van der Waals surface area contributed by atoms with Crippen molar-refractivity contribution in [2.45, 2.75) is 18.9 Å². The minimum Gasteiger partial charge on any atom is -0.496 e. The maximum atomic E-state index is 13.9. The maximum absolute atomic E-state index is 13.9. The molecule has 0 saturated carbocycles. The number of amides is 1. The topological polar surface area (TPSA) is 67.6 Å². The normalized spacial score (nSPS) is 12.0. The van der Waals surface area contributed by atoms with E-state index in [1.807, 2.05) is 43.3 Å². The van der Waals surface area contributed by atoms with Crippen molar-refractivity contribution < 1.29 is 18.3 Å². The summed E-state index contributed by atoms with van der Waals surface area (Å²) in [5, 5.41) is 2.97. The van der Waals surface area contributed by atoms with Gasteiger partial charge in [-0.25, -0.2) is 9.37 Å². The molecule has 1 N–H and O–H groups in total. The van der Waals surface area contributed by atoms with E-state index in [0.29, 0.717) is 30.2 Å². The highest BCUT2D eigenvalue weighted by Gasteiger charge is 2.19. The predicted molar refractivity (Wildman–Crippen MR) is 113 cm³/mol. The van der Waals surface area contributed by atoms with Crippen LogP contribution < -0.4 is 10.1 Å². The smallest absolute Gasteiger partial charge is 0.220 e. The molecule has 0 radical (unpaired) electrons. The van der Waals surface area contributed by atoms with Crippen LogP contribution in [0.2, 0.25) is 0 Å². The summed E-state index contributed by atoms with van der Waals surface area (Å²) in [7, 11) is 5.55. The fourth-order valence-corrected chi connectivity index (χ4v) is 3.24. The summed E-state index contributed by atoms with van der Waals surface area (Å²) >= 11 is 0. The quantitative estimate of drug-likeness (QED) is 0.579. The summed E-state index contributed by atoms with van der Waals surface area (Å²) in [5.74, 6) is 1.06. The van der Waals surface area contributed by atoms with Gasteiger partial charge >= 0.3 is 0 Å². The first-order valence-electron chi connectivity index (χ1n) is 9.75. The van der Waals surface area contributed by atoms with E-state index in [2.05, 4.69) is 10.3 Å². The monoisotopic (exact) mass is 411 g/mol. The van der Waals surface area contributed by atoms with E-state index in [1.54, 1.807) is 25.3 Å². The molecule has 30 heavy (non-hydrogen) atoms. The second-order valence-electron chi connectivity index (χ2n) is 7.12. The highest BCUT2D eigenvalue weighted by atomic mass is 19.1. The van der Waals surface area contributed by atoms with Crippen LogP contribution in [0.3, 0.4) is 0 Å². The molecule has 6 nitrogen and oxygen atoms in total. The van der Waals surface area contributed by atoms with E-state index in [9.17, 15) is 9.18 Å². The molecule has 1 unspecified atom stereocenters. The number of rotatable bonds is 9. The van der Waals surface area contributed by atoms with Crippen LogP contribution >= 0.6 is 0 Å². The molecule has 1 atom stereocenters. The molecule has 1 heterocycles. The van der Waals surface area contributed by atoms with Crippen molar-refractivity contribution in [2.75, 3.05) is 27.7 Å². The Morgan fingerprint density at radius 1 is 1.20 bits per heavy atom. The van der Waals surface area contributed by atoms with Crippen LogP contribution in [-0.2, 0) is 11.2 Å². The van der Waals surface area contributed by atoms with Crippen LogP contribution in [-0.4, -0.2) is 43.5 Å². The first kappa shape index (κ1) is 21.5. The number of carbonyl (C=O) groups excluding carboxylic acids is 1. The van der Waals surface area contributed by atoms with Crippen molar-refractivity contribution in [1.29, 1.82) is 0 Å². The Bertz CT molecular complexity index is 987. The van der Waals surface area contributed by atoms with E-state index in [4.69, 9.17) is 9.15 Å². The number of para-hydroxylation sites is 1. The average molecular weight is 411 g/mol. The Balaban J connectivity index is 1.56. The largest absolute Gasteiger partial charge is 0.496 e. The molecular weight excluding hydrogens is 385 g/mol. The van der Waals surface area contributed by atoms with Gasteiger partial charge in [0.25, 0.3) is 0 Å². The fraction of sp³-hybridized carbons (Fsp3) is 0.304. The molecule has 0 aliphatic heterocycles. The van der Waals surface area contributed by atoms with Crippen molar-refractivity contribution in [3.8, 4) is 17.1 Å². The highest BCUT2D eigenvalue weighted by Crippen LogP contribution is 2.27. The Hall–Kier alpha value is -3.19. The predicted octanol–water partition coefficient (Wildman–Crippen LogP) is 3.84. The molecule has 3 aromatic rings. The number of nitrogens with zero attached hydrogens (tertiary/aromatic N) is 2. The summed E-state index contributed by atoms with van der Waals surface area (Å²) in [4.78, 5) is 18.6. The second kappa shape index (κ2) is 10.0. The van der Waals surface area contributed by atoms with E-state index in [1.165, 1.54) is 12.3 Å². The zero-order valence-corrected chi connectivity index (χ0v) is 17.4. The third kappa shape index (κ3) is 5.24. The van der Waals surface area contributed by atoms with E-state index in [-0.39, 0.29) is 24.2 Å². The van der Waals surface area contributed by atoms with E-state index in [0.717, 1.165) is 11.3 Å². The minimum atomic E-state index is -0.371. The molecule has 158 valence electrons. The van der Waals surface area contributed by atoms with E-state index >= 15 is 0 Å². The molecule has 0 aliphatic carbocycles. The number of ether oxygens (including phenoxy) is 1. The number of halogens is 1. The Kier molecular flexibility index (Phi) is 7.19. The number of likely N-dealkylation sites (N-methyl/N-ethyl adjacent to an activating group) is 1. The number of aryl methyl sites for hydroxylation is 1. The van der Waals surface area contributed by atoms with Crippen molar-refractivity contribution in [3.05, 3.63) is 72.0 Å². The van der Waals surface area contributed by atoms with Gasteiger partial charge in [0.15, 0.2) is 11.7 Å². The SMILES string of the molecule is COc1ccccc1C(CNC(=O)CCc1ncc(-c2ccccc2F)o1)N(C)C. The third-order valence-corrected chi connectivity index (χ3v) is 4.87. The molecule has 0 fully saturated rings. The summed E-state index contributed by atoms with van der Waals surface area (Å²) < 4.78 is 24.9. The maximum Gasteiger partial charge on any atom is 0.220 e. The van der Waals surface area contributed by atoms with Gasteiger partial charge in [0.05, 0.1) is 24.9 Å². The summed E-state index contributed by atoms with van der Waals surface area (Å²) in [6.07, 6.45) is 2.04. The van der Waals surface area contributed by atoms with Gasteiger partial charge in [-0.3, -0.25) is 4.79 Å². The summed E-state index contributed by atoms with van der Waals surface area (Å²) in [6, 6.07) is 14.1. The highest BCUT2D eigenvalue weighted by molar-refractivity contribution is 5.76. The number of methoxy groups -OCH3 is 1. The number of oxazole rings is 1. The van der Waals surface area contributed by atoms with Gasteiger partial charge in [-0.1, -0.05) is 30.3 Å². The zero-order valence-electron chi connectivity index (χ0n) is 17.4. The Labute approximate surface area is 175 Å². The molecule has 2 aromatic carbocycles. The minimum absolute atomic E-state index is 0.0282. The molecule has 7 heteroatoms. The van der Waals surface area contributed by atoms with Crippen LogP contribution in [0, 0.1) is 5.82 Å². The summed E-state index contributed by atoms with van der Waals surface area (Å²) in [5.41, 5.74) is 1.36. The van der Waals surface area contributed by atoms with Crippen molar-refractivity contribution >= 4 is 5.91 Å². The Morgan fingerprint density at radius 2 is 1.93 bits per heavy atom. The number of hydrogen-bond donors (Lipinski definition) is 1. The fourth-order valence-electron chi connectivity index (χ4n) is 3.24. The van der Waals surface area contributed by atoms with Gasteiger partial charge in [-0.15, -0.1) is 0 Å². The van der Waals surface area contributed by atoms with Gasteiger partial charge in [-0.2, -0.15) is 0 Å². The van der Waals surface area contributed by atoms with Gasteiger partial charge in [0.2, 0.25) is 5.91 Å². The first-order valence-corrected chi connectivity index (χ1v) is 9.75. The molecule has 0 saturated heterocycles. The lowest BCUT2D eigenvalue weighted by molar-refractivity contribution is -0.121. The van der Waals surface area contributed by atoms with Crippen LogP contribution in [0.4, 0.5) is 4.39 Å². The van der Waals surface area contributed by atoms with Crippen LogP contribution in [0.25, 0.3) is 11.3 Å². The van der Waals surface area contributed by atoms with Crippen LogP contribution in [0.15, 0.2) is 59.1 Å². The van der Waals surface area contributed by atoms with Gasteiger partial charge in [0.1, 0.15) is 11.6 Å². The second-order valence-corrected chi connectivity index (χ2v) is 7.12. The van der Waals surface area contributed by atoms with Gasteiger partial charge in [0, 0.05) is 24.9 Å². The van der Waals surface area contributed by atoms with Gasteiger partial charge < -0.3 is 19.4 Å². The van der Waals surface area contributed by atoms with E-state index < -0.39 is 0 Å². The Morgan fingerprint density at radius 3 is 2.67 bits per heavy atom. The van der Waals surface area contributed by atoms with Crippen LogP contribution in [0.1, 0.15) is 23.9 Å². The molecule has 0 aliphatic rings. The molecule has 1 amide bonds.